The molecule has 4 nitrogen and oxygen atoms in total. The van der Waals surface area contributed by atoms with E-state index >= 15 is 0 Å². The molecule has 19 heavy (non-hydrogen) atoms. The SMILES string of the molecule is CCCCOC(=O)CCC(C)(Cl)N=NC(C)(C)CC. The largest absolute Gasteiger partial charge is 0.466 e. The maximum Gasteiger partial charge on any atom is 0.305 e. The van der Waals surface area contributed by atoms with E-state index in [4.69, 9.17) is 16.3 Å². The molecular formula is C14H27ClN2O2. The zero-order valence-corrected chi connectivity index (χ0v) is 13.6. The highest BCUT2D eigenvalue weighted by molar-refractivity contribution is 6.23. The molecule has 0 amide bonds. The quantitative estimate of drug-likeness (QED) is 0.203. The maximum absolute atomic E-state index is 11.5. The van der Waals surface area contributed by atoms with Crippen LogP contribution in [0.25, 0.3) is 0 Å². The monoisotopic (exact) mass is 290 g/mol. The summed E-state index contributed by atoms with van der Waals surface area (Å²) in [7, 11) is 0. The lowest BCUT2D eigenvalue weighted by Gasteiger charge is -2.20. The van der Waals surface area contributed by atoms with Crippen molar-refractivity contribution < 1.29 is 9.53 Å². The van der Waals surface area contributed by atoms with E-state index in [1.807, 2.05) is 13.8 Å². The van der Waals surface area contributed by atoms with Crippen molar-refractivity contribution in [3.63, 3.8) is 0 Å². The number of hydrogen-bond acceptors (Lipinski definition) is 4. The zero-order valence-electron chi connectivity index (χ0n) is 12.8. The van der Waals surface area contributed by atoms with Crippen molar-refractivity contribution in [3.05, 3.63) is 0 Å². The Morgan fingerprint density at radius 1 is 1.21 bits per heavy atom. The van der Waals surface area contributed by atoms with E-state index in [2.05, 4.69) is 24.1 Å². The average Bonchev–Trinajstić information content (AvgIpc) is 2.35. The Morgan fingerprint density at radius 3 is 2.37 bits per heavy atom. The topological polar surface area (TPSA) is 51.0 Å². The molecule has 0 aromatic carbocycles. The molecular weight excluding hydrogens is 264 g/mol. The van der Waals surface area contributed by atoms with Crippen molar-refractivity contribution in [2.24, 2.45) is 10.2 Å². The molecule has 0 saturated heterocycles. The maximum atomic E-state index is 11.5. The lowest BCUT2D eigenvalue weighted by Crippen LogP contribution is -2.19. The van der Waals surface area contributed by atoms with Crippen LogP contribution in [0.3, 0.4) is 0 Å². The lowest BCUT2D eigenvalue weighted by atomic mass is 10.0. The summed E-state index contributed by atoms with van der Waals surface area (Å²) in [5.41, 5.74) is -0.211. The summed E-state index contributed by atoms with van der Waals surface area (Å²) in [6, 6.07) is 0. The van der Waals surface area contributed by atoms with Gasteiger partial charge in [-0.3, -0.25) is 4.79 Å². The van der Waals surface area contributed by atoms with Gasteiger partial charge in [-0.1, -0.05) is 31.9 Å². The van der Waals surface area contributed by atoms with Gasteiger partial charge in [0.15, 0.2) is 5.00 Å². The first-order chi connectivity index (χ1) is 8.72. The van der Waals surface area contributed by atoms with Crippen LogP contribution in [0.5, 0.6) is 0 Å². The fourth-order valence-corrected chi connectivity index (χ4v) is 1.23. The summed E-state index contributed by atoms with van der Waals surface area (Å²) in [6.07, 6.45) is 3.51. The number of nitrogens with zero attached hydrogens (tertiary/aromatic N) is 2. The third kappa shape index (κ3) is 9.88. The van der Waals surface area contributed by atoms with Gasteiger partial charge in [0, 0.05) is 6.42 Å². The van der Waals surface area contributed by atoms with Crippen LogP contribution in [0.1, 0.15) is 66.7 Å². The molecule has 0 aromatic heterocycles. The summed E-state index contributed by atoms with van der Waals surface area (Å²) in [4.78, 5) is 10.6. The second-order valence-corrected chi connectivity index (χ2v) is 6.40. The molecule has 0 N–H and O–H groups in total. The van der Waals surface area contributed by atoms with E-state index in [1.165, 1.54) is 0 Å². The first kappa shape index (κ1) is 18.4. The van der Waals surface area contributed by atoms with E-state index in [1.54, 1.807) is 6.92 Å². The highest BCUT2D eigenvalue weighted by Crippen LogP contribution is 2.26. The number of carbonyl (C=O) groups excluding carboxylic acids is 1. The summed E-state index contributed by atoms with van der Waals surface area (Å²) >= 11 is 6.24. The summed E-state index contributed by atoms with van der Waals surface area (Å²) in [5.74, 6) is -0.217. The number of azo groups is 1. The third-order valence-corrected chi connectivity index (χ3v) is 3.21. The molecule has 0 rings (SSSR count). The van der Waals surface area contributed by atoms with Crippen LogP contribution in [-0.4, -0.2) is 23.1 Å². The Labute approximate surface area is 122 Å². The molecule has 1 unspecified atom stereocenters. The van der Waals surface area contributed by atoms with Crippen LogP contribution in [0.2, 0.25) is 0 Å². The van der Waals surface area contributed by atoms with Crippen LogP contribution in [0.15, 0.2) is 10.2 Å². The number of unbranched alkanes of at least 4 members (excludes halogenated alkanes) is 1. The third-order valence-electron chi connectivity index (χ3n) is 2.94. The fraction of sp³-hybridized carbons (Fsp3) is 0.929. The Morgan fingerprint density at radius 2 is 1.84 bits per heavy atom. The standard InChI is InChI=1S/C14H27ClN2O2/c1-6-8-11-19-12(18)9-10-14(5,15)17-16-13(3,4)7-2/h6-11H2,1-5H3. The Hall–Kier alpha value is -0.640. The van der Waals surface area contributed by atoms with Gasteiger partial charge in [0.1, 0.15) is 0 Å². The van der Waals surface area contributed by atoms with Crippen molar-refractivity contribution in [1.29, 1.82) is 0 Å². The molecule has 0 heterocycles. The highest BCUT2D eigenvalue weighted by Gasteiger charge is 2.23. The van der Waals surface area contributed by atoms with Gasteiger partial charge in [0.05, 0.1) is 12.1 Å². The number of hydrogen-bond donors (Lipinski definition) is 0. The molecule has 0 spiro atoms. The molecule has 112 valence electrons. The van der Waals surface area contributed by atoms with Crippen LogP contribution < -0.4 is 0 Å². The molecule has 0 saturated carbocycles. The Balaban J connectivity index is 4.12. The highest BCUT2D eigenvalue weighted by atomic mass is 35.5. The van der Waals surface area contributed by atoms with Crippen LogP contribution in [0, 0.1) is 0 Å². The molecule has 0 aliphatic rings. The number of halogens is 1. The molecule has 0 fully saturated rings. The van der Waals surface area contributed by atoms with Gasteiger partial charge in [-0.15, -0.1) is 0 Å². The number of ether oxygens (including phenoxy) is 1. The van der Waals surface area contributed by atoms with E-state index in [9.17, 15) is 4.79 Å². The first-order valence-electron chi connectivity index (χ1n) is 7.01. The van der Waals surface area contributed by atoms with Gasteiger partial charge in [-0.2, -0.15) is 10.2 Å². The Bertz CT molecular complexity index is 302. The lowest BCUT2D eigenvalue weighted by molar-refractivity contribution is -0.144. The van der Waals surface area contributed by atoms with Gasteiger partial charge in [0.2, 0.25) is 0 Å². The van der Waals surface area contributed by atoms with Gasteiger partial charge < -0.3 is 4.74 Å². The van der Waals surface area contributed by atoms with E-state index in [0.29, 0.717) is 13.0 Å². The zero-order chi connectivity index (χ0) is 14.9. The summed E-state index contributed by atoms with van der Waals surface area (Å²) in [6.45, 7) is 10.4. The predicted octanol–water partition coefficient (Wildman–Crippen LogP) is 4.71. The fourth-order valence-electron chi connectivity index (χ4n) is 1.09. The second-order valence-electron chi connectivity index (χ2n) is 5.58. The first-order valence-corrected chi connectivity index (χ1v) is 7.39. The molecule has 0 radical (unpaired) electrons. The van der Waals surface area contributed by atoms with Crippen molar-refractivity contribution >= 4 is 17.6 Å². The van der Waals surface area contributed by atoms with E-state index in [0.717, 1.165) is 19.3 Å². The van der Waals surface area contributed by atoms with Crippen molar-refractivity contribution in [2.75, 3.05) is 6.61 Å². The van der Waals surface area contributed by atoms with Gasteiger partial charge in [-0.25, -0.2) is 0 Å². The average molecular weight is 291 g/mol. The summed E-state index contributed by atoms with van der Waals surface area (Å²) in [5, 5.41) is 8.39. The van der Waals surface area contributed by atoms with Gasteiger partial charge in [-0.05, 0) is 40.0 Å². The van der Waals surface area contributed by atoms with Crippen molar-refractivity contribution in [2.45, 2.75) is 77.3 Å². The van der Waals surface area contributed by atoms with E-state index < -0.39 is 5.00 Å². The van der Waals surface area contributed by atoms with Gasteiger partial charge in [0.25, 0.3) is 0 Å². The molecule has 5 heteroatoms. The number of alkyl halides is 1. The second kappa shape index (κ2) is 8.51. The van der Waals surface area contributed by atoms with Crippen molar-refractivity contribution in [1.82, 2.24) is 0 Å². The Kier molecular flexibility index (Phi) is 8.23. The summed E-state index contributed by atoms with van der Waals surface area (Å²) < 4.78 is 5.07. The molecule has 0 aliphatic heterocycles. The molecule has 0 aliphatic carbocycles. The molecule has 0 bridgehead atoms. The molecule has 0 aromatic rings. The van der Waals surface area contributed by atoms with Gasteiger partial charge >= 0.3 is 5.97 Å². The predicted molar refractivity (Wildman–Crippen MR) is 78.6 cm³/mol. The number of rotatable bonds is 9. The number of carbonyl (C=O) groups is 1. The smallest absolute Gasteiger partial charge is 0.305 e. The van der Waals surface area contributed by atoms with Crippen LogP contribution in [0.4, 0.5) is 0 Å². The van der Waals surface area contributed by atoms with E-state index in [-0.39, 0.29) is 17.9 Å². The normalized spacial score (nSPS) is 15.5. The number of esters is 1. The minimum atomic E-state index is -0.837. The van der Waals surface area contributed by atoms with Crippen molar-refractivity contribution in [3.8, 4) is 0 Å². The minimum absolute atomic E-state index is 0.211. The molecule has 1 atom stereocenters. The van der Waals surface area contributed by atoms with Crippen LogP contribution in [-0.2, 0) is 9.53 Å². The minimum Gasteiger partial charge on any atom is -0.466 e. The van der Waals surface area contributed by atoms with Crippen LogP contribution >= 0.6 is 11.6 Å².